The summed E-state index contributed by atoms with van der Waals surface area (Å²) in [4.78, 5) is 20.4. The van der Waals surface area contributed by atoms with E-state index in [1.54, 1.807) is 17.3 Å². The van der Waals surface area contributed by atoms with Crippen molar-refractivity contribution in [1.29, 1.82) is 0 Å². The van der Waals surface area contributed by atoms with Crippen molar-refractivity contribution >= 4 is 6.09 Å². The second kappa shape index (κ2) is 7.27. The number of nitrogens with zero attached hydrogens (tertiary/aromatic N) is 3. The van der Waals surface area contributed by atoms with E-state index in [-0.39, 0.29) is 24.8 Å². The topological polar surface area (TPSA) is 65.9 Å². The summed E-state index contributed by atoms with van der Waals surface area (Å²) in [5.74, 6) is 0. The highest BCUT2D eigenvalue weighted by Gasteiger charge is 2.33. The summed E-state index contributed by atoms with van der Waals surface area (Å²) in [6, 6.07) is 3.79. The van der Waals surface area contributed by atoms with Gasteiger partial charge < -0.3 is 14.7 Å². The Labute approximate surface area is 138 Å². The monoisotopic (exact) mass is 321 g/mol. The molecule has 1 fully saturated rings. The predicted molar refractivity (Wildman–Crippen MR) is 88.0 cm³/mol. The van der Waals surface area contributed by atoms with Crippen LogP contribution < -0.4 is 0 Å². The third kappa shape index (κ3) is 4.65. The molecule has 0 radical (unpaired) electrons. The standard InChI is InChI=1S/C17H27N3O3/c1-13-11-19(15(12-21)14-6-5-7-18-10-14)8-9-20(13)16(22)23-17(2,3)4/h5-7,10,13,15,21H,8-9,11-12H2,1-4H3. The average Bonchev–Trinajstić information content (AvgIpc) is 2.47. The van der Waals surface area contributed by atoms with Crippen LogP contribution in [-0.2, 0) is 4.74 Å². The van der Waals surface area contributed by atoms with Crippen molar-refractivity contribution in [2.75, 3.05) is 26.2 Å². The van der Waals surface area contributed by atoms with Crippen LogP contribution in [0.25, 0.3) is 0 Å². The van der Waals surface area contributed by atoms with E-state index < -0.39 is 5.60 Å². The third-order valence-corrected chi connectivity index (χ3v) is 3.97. The van der Waals surface area contributed by atoms with Crippen LogP contribution in [-0.4, -0.2) is 63.9 Å². The smallest absolute Gasteiger partial charge is 0.410 e. The molecule has 1 aromatic rings. The zero-order valence-electron chi connectivity index (χ0n) is 14.4. The number of rotatable bonds is 3. The van der Waals surface area contributed by atoms with Gasteiger partial charge in [-0.05, 0) is 39.3 Å². The number of aliphatic hydroxyl groups is 1. The minimum atomic E-state index is -0.489. The predicted octanol–water partition coefficient (Wildman–Crippen LogP) is 2.06. The van der Waals surface area contributed by atoms with Gasteiger partial charge >= 0.3 is 6.09 Å². The van der Waals surface area contributed by atoms with E-state index in [0.717, 1.165) is 5.56 Å². The van der Waals surface area contributed by atoms with Crippen molar-refractivity contribution in [3.05, 3.63) is 30.1 Å². The maximum atomic E-state index is 12.3. The molecule has 1 aromatic heterocycles. The zero-order valence-corrected chi connectivity index (χ0v) is 14.4. The minimum Gasteiger partial charge on any atom is -0.444 e. The van der Waals surface area contributed by atoms with Crippen LogP contribution in [0.1, 0.15) is 39.3 Å². The number of aliphatic hydroxyl groups excluding tert-OH is 1. The Morgan fingerprint density at radius 3 is 2.74 bits per heavy atom. The molecule has 2 rings (SSSR count). The Balaban J connectivity index is 2.01. The molecule has 2 atom stereocenters. The SMILES string of the molecule is CC1CN(C(CO)c2cccnc2)CCN1C(=O)OC(C)(C)C. The van der Waals surface area contributed by atoms with Crippen molar-refractivity contribution in [2.45, 2.75) is 45.4 Å². The van der Waals surface area contributed by atoms with Gasteiger partial charge in [0.05, 0.1) is 12.6 Å². The van der Waals surface area contributed by atoms with E-state index in [9.17, 15) is 9.90 Å². The molecule has 1 amide bonds. The van der Waals surface area contributed by atoms with Crippen molar-refractivity contribution in [3.63, 3.8) is 0 Å². The number of piperazine rings is 1. The fraction of sp³-hybridized carbons (Fsp3) is 0.647. The van der Waals surface area contributed by atoms with Gasteiger partial charge in [0.1, 0.15) is 5.60 Å². The quantitative estimate of drug-likeness (QED) is 0.923. The third-order valence-electron chi connectivity index (χ3n) is 3.97. The van der Waals surface area contributed by atoms with Crippen molar-refractivity contribution in [2.24, 2.45) is 0 Å². The van der Waals surface area contributed by atoms with Crippen LogP contribution in [0.4, 0.5) is 4.79 Å². The molecule has 6 heteroatoms. The highest BCUT2D eigenvalue weighted by Crippen LogP contribution is 2.24. The molecule has 2 unspecified atom stereocenters. The summed E-state index contributed by atoms with van der Waals surface area (Å²) in [5.41, 5.74) is 0.505. The zero-order chi connectivity index (χ0) is 17.0. The van der Waals surface area contributed by atoms with Gasteiger partial charge in [-0.3, -0.25) is 9.88 Å². The Morgan fingerprint density at radius 2 is 2.22 bits per heavy atom. The molecule has 0 saturated carbocycles. The summed E-state index contributed by atoms with van der Waals surface area (Å²) in [7, 11) is 0. The van der Waals surface area contributed by atoms with Crippen LogP contribution >= 0.6 is 0 Å². The Bertz CT molecular complexity index is 516. The second-order valence-electron chi connectivity index (χ2n) is 7.00. The molecule has 2 heterocycles. The van der Waals surface area contributed by atoms with Gasteiger partial charge in [-0.25, -0.2) is 4.79 Å². The maximum absolute atomic E-state index is 12.3. The number of hydrogen-bond acceptors (Lipinski definition) is 5. The van der Waals surface area contributed by atoms with Gasteiger partial charge in [-0.15, -0.1) is 0 Å². The lowest BCUT2D eigenvalue weighted by molar-refractivity contribution is -0.00910. The molecule has 1 saturated heterocycles. The van der Waals surface area contributed by atoms with Gasteiger partial charge in [0, 0.05) is 38.1 Å². The number of pyridine rings is 1. The molecule has 1 aliphatic heterocycles. The van der Waals surface area contributed by atoms with Crippen LogP contribution in [0.15, 0.2) is 24.5 Å². The first-order chi connectivity index (χ1) is 10.8. The molecular formula is C17H27N3O3. The van der Waals surface area contributed by atoms with Crippen molar-refractivity contribution in [1.82, 2.24) is 14.8 Å². The Hall–Kier alpha value is -1.66. The van der Waals surface area contributed by atoms with E-state index in [0.29, 0.717) is 19.6 Å². The van der Waals surface area contributed by atoms with E-state index in [1.807, 2.05) is 39.8 Å². The van der Waals surface area contributed by atoms with Gasteiger partial charge in [-0.2, -0.15) is 0 Å². The highest BCUT2D eigenvalue weighted by molar-refractivity contribution is 5.68. The van der Waals surface area contributed by atoms with E-state index in [1.165, 1.54) is 0 Å². The first kappa shape index (κ1) is 17.7. The lowest BCUT2D eigenvalue weighted by Gasteiger charge is -2.43. The normalized spacial score (nSPS) is 21.1. The van der Waals surface area contributed by atoms with E-state index in [4.69, 9.17) is 4.74 Å². The minimum absolute atomic E-state index is 0.0318. The summed E-state index contributed by atoms with van der Waals surface area (Å²) in [6.45, 7) is 9.64. The number of ether oxygens (including phenoxy) is 1. The summed E-state index contributed by atoms with van der Waals surface area (Å²) >= 11 is 0. The molecule has 1 aliphatic rings. The lowest BCUT2D eigenvalue weighted by atomic mass is 10.1. The molecule has 0 spiro atoms. The van der Waals surface area contributed by atoms with Crippen LogP contribution in [0.3, 0.4) is 0 Å². The number of aromatic nitrogens is 1. The van der Waals surface area contributed by atoms with E-state index >= 15 is 0 Å². The summed E-state index contributed by atoms with van der Waals surface area (Å²) < 4.78 is 5.46. The van der Waals surface area contributed by atoms with Gasteiger partial charge in [0.2, 0.25) is 0 Å². The Kier molecular flexibility index (Phi) is 5.59. The fourth-order valence-electron chi connectivity index (χ4n) is 2.87. The molecule has 0 bridgehead atoms. The maximum Gasteiger partial charge on any atom is 0.410 e. The van der Waals surface area contributed by atoms with Gasteiger partial charge in [0.15, 0.2) is 0 Å². The first-order valence-corrected chi connectivity index (χ1v) is 8.06. The second-order valence-corrected chi connectivity index (χ2v) is 7.00. The molecular weight excluding hydrogens is 294 g/mol. The molecule has 1 N–H and O–H groups in total. The fourth-order valence-corrected chi connectivity index (χ4v) is 2.87. The molecule has 23 heavy (non-hydrogen) atoms. The summed E-state index contributed by atoms with van der Waals surface area (Å²) in [6.07, 6.45) is 3.24. The van der Waals surface area contributed by atoms with Gasteiger partial charge in [-0.1, -0.05) is 6.07 Å². The first-order valence-electron chi connectivity index (χ1n) is 8.06. The van der Waals surface area contributed by atoms with E-state index in [2.05, 4.69) is 9.88 Å². The molecule has 6 nitrogen and oxygen atoms in total. The molecule has 128 valence electrons. The number of hydrogen-bond donors (Lipinski definition) is 1. The average molecular weight is 321 g/mol. The highest BCUT2D eigenvalue weighted by atomic mass is 16.6. The van der Waals surface area contributed by atoms with Crippen LogP contribution in [0.5, 0.6) is 0 Å². The van der Waals surface area contributed by atoms with Crippen LogP contribution in [0.2, 0.25) is 0 Å². The Morgan fingerprint density at radius 1 is 1.48 bits per heavy atom. The van der Waals surface area contributed by atoms with Crippen molar-refractivity contribution in [3.8, 4) is 0 Å². The number of amides is 1. The number of carbonyl (C=O) groups excluding carboxylic acids is 1. The lowest BCUT2D eigenvalue weighted by Crippen LogP contribution is -2.55. The molecule has 0 aliphatic carbocycles. The largest absolute Gasteiger partial charge is 0.444 e. The summed E-state index contributed by atoms with van der Waals surface area (Å²) in [5, 5.41) is 9.77. The van der Waals surface area contributed by atoms with Gasteiger partial charge in [0.25, 0.3) is 0 Å². The number of carbonyl (C=O) groups is 1. The molecule has 0 aromatic carbocycles. The van der Waals surface area contributed by atoms with Crippen LogP contribution in [0, 0.1) is 0 Å². The van der Waals surface area contributed by atoms with Crippen molar-refractivity contribution < 1.29 is 14.6 Å².